The average Bonchev–Trinajstić information content (AvgIpc) is 3.09. The van der Waals surface area contributed by atoms with E-state index in [4.69, 9.17) is 27.9 Å². The van der Waals surface area contributed by atoms with Gasteiger partial charge < -0.3 is 10.1 Å². The molecule has 0 bridgehead atoms. The van der Waals surface area contributed by atoms with Gasteiger partial charge >= 0.3 is 5.97 Å². The summed E-state index contributed by atoms with van der Waals surface area (Å²) in [5.41, 5.74) is 1.53. The Labute approximate surface area is 205 Å². The number of anilines is 1. The molecule has 1 aliphatic rings. The average molecular weight is 497 g/mol. The molecule has 1 unspecified atom stereocenters. The highest BCUT2D eigenvalue weighted by Crippen LogP contribution is 2.27. The van der Waals surface area contributed by atoms with Crippen LogP contribution in [0.15, 0.2) is 72.8 Å². The van der Waals surface area contributed by atoms with Crippen LogP contribution in [0.3, 0.4) is 0 Å². The molecule has 0 saturated carbocycles. The Hall–Kier alpha value is -3.68. The Morgan fingerprint density at radius 2 is 1.47 bits per heavy atom. The predicted molar refractivity (Wildman–Crippen MR) is 127 cm³/mol. The second-order valence-corrected chi connectivity index (χ2v) is 8.33. The van der Waals surface area contributed by atoms with Crippen LogP contribution in [0.5, 0.6) is 0 Å². The zero-order chi connectivity index (χ0) is 24.2. The van der Waals surface area contributed by atoms with E-state index in [9.17, 15) is 19.2 Å². The second kappa shape index (κ2) is 10.1. The minimum Gasteiger partial charge on any atom is -0.454 e. The van der Waals surface area contributed by atoms with Gasteiger partial charge in [-0.15, -0.1) is 0 Å². The molecule has 3 aromatic rings. The summed E-state index contributed by atoms with van der Waals surface area (Å²) in [6.45, 7) is -0.618. The minimum atomic E-state index is -1.24. The summed E-state index contributed by atoms with van der Waals surface area (Å²) in [5.74, 6) is -2.66. The molecule has 0 aliphatic carbocycles. The van der Waals surface area contributed by atoms with Gasteiger partial charge in [-0.05, 0) is 35.9 Å². The number of carbonyl (C=O) groups excluding carboxylic acids is 4. The zero-order valence-corrected chi connectivity index (χ0v) is 19.2. The van der Waals surface area contributed by atoms with Crippen molar-refractivity contribution in [2.24, 2.45) is 0 Å². The summed E-state index contributed by atoms with van der Waals surface area (Å²) in [6.07, 6.45) is 0.0412. The molecule has 0 radical (unpaired) electrons. The number of rotatable bonds is 7. The maximum absolute atomic E-state index is 13.0. The first-order valence-electron chi connectivity index (χ1n) is 10.3. The van der Waals surface area contributed by atoms with Crippen LogP contribution in [-0.4, -0.2) is 41.2 Å². The van der Waals surface area contributed by atoms with Crippen LogP contribution in [0.1, 0.15) is 26.3 Å². The van der Waals surface area contributed by atoms with Gasteiger partial charge in [0, 0.05) is 12.1 Å². The number of fused-ring (bicyclic) bond motifs is 1. The number of hydrogen-bond donors (Lipinski definition) is 1. The van der Waals surface area contributed by atoms with Crippen LogP contribution in [0.25, 0.3) is 0 Å². The van der Waals surface area contributed by atoms with Gasteiger partial charge in [0.2, 0.25) is 0 Å². The van der Waals surface area contributed by atoms with Crippen LogP contribution in [0.4, 0.5) is 5.69 Å². The second-order valence-electron chi connectivity index (χ2n) is 7.52. The Balaban J connectivity index is 1.50. The fourth-order valence-electron chi connectivity index (χ4n) is 3.61. The molecule has 0 saturated heterocycles. The highest BCUT2D eigenvalue weighted by atomic mass is 35.5. The summed E-state index contributed by atoms with van der Waals surface area (Å²) < 4.78 is 5.22. The lowest BCUT2D eigenvalue weighted by atomic mass is 10.0. The summed E-state index contributed by atoms with van der Waals surface area (Å²) in [6, 6.07) is 18.6. The molecule has 0 aromatic heterocycles. The van der Waals surface area contributed by atoms with E-state index in [0.29, 0.717) is 10.7 Å². The van der Waals surface area contributed by atoms with Crippen molar-refractivity contribution in [3.05, 3.63) is 99.5 Å². The highest BCUT2D eigenvalue weighted by molar-refractivity contribution is 6.42. The number of ether oxygens (including phenoxy) is 1. The van der Waals surface area contributed by atoms with Crippen molar-refractivity contribution in [3.63, 3.8) is 0 Å². The Morgan fingerprint density at radius 1 is 0.853 bits per heavy atom. The van der Waals surface area contributed by atoms with Gasteiger partial charge in [0.25, 0.3) is 17.7 Å². The van der Waals surface area contributed by atoms with Gasteiger partial charge in [-0.1, -0.05) is 65.7 Å². The maximum atomic E-state index is 13.0. The summed E-state index contributed by atoms with van der Waals surface area (Å²) in [7, 11) is 0. The third-order valence-corrected chi connectivity index (χ3v) is 5.97. The van der Waals surface area contributed by atoms with Crippen molar-refractivity contribution in [1.82, 2.24) is 4.90 Å². The summed E-state index contributed by atoms with van der Waals surface area (Å²) >= 11 is 11.8. The third kappa shape index (κ3) is 4.95. The van der Waals surface area contributed by atoms with Crippen LogP contribution in [-0.2, 0) is 20.7 Å². The Kier molecular flexibility index (Phi) is 6.95. The van der Waals surface area contributed by atoms with Crippen LogP contribution >= 0.6 is 23.2 Å². The molecule has 1 heterocycles. The number of esters is 1. The first-order chi connectivity index (χ1) is 16.3. The van der Waals surface area contributed by atoms with Gasteiger partial charge in [-0.3, -0.25) is 19.3 Å². The molecule has 3 aromatic carbocycles. The van der Waals surface area contributed by atoms with Gasteiger partial charge in [0.1, 0.15) is 6.04 Å². The van der Waals surface area contributed by atoms with E-state index in [1.807, 2.05) is 6.07 Å². The quantitative estimate of drug-likeness (QED) is 0.386. The molecule has 1 aliphatic heterocycles. The fraction of sp³-hybridized carbons (Fsp3) is 0.120. The Bertz CT molecular complexity index is 1240. The molecule has 34 heavy (non-hydrogen) atoms. The van der Waals surface area contributed by atoms with Crippen LogP contribution in [0.2, 0.25) is 10.0 Å². The van der Waals surface area contributed by atoms with Gasteiger partial charge in [0.05, 0.1) is 21.2 Å². The summed E-state index contributed by atoms with van der Waals surface area (Å²) in [5, 5.41) is 3.13. The van der Waals surface area contributed by atoms with E-state index in [1.165, 1.54) is 24.3 Å². The maximum Gasteiger partial charge on any atom is 0.330 e. The van der Waals surface area contributed by atoms with E-state index in [2.05, 4.69) is 5.32 Å². The van der Waals surface area contributed by atoms with E-state index in [-0.39, 0.29) is 22.6 Å². The molecular formula is C25H18Cl2N2O5. The first-order valence-corrected chi connectivity index (χ1v) is 11.0. The molecule has 1 N–H and O–H groups in total. The normalized spacial score (nSPS) is 13.4. The van der Waals surface area contributed by atoms with Crippen LogP contribution < -0.4 is 5.32 Å². The van der Waals surface area contributed by atoms with Gasteiger partial charge in [-0.25, -0.2) is 4.79 Å². The van der Waals surface area contributed by atoms with Crippen molar-refractivity contribution < 1.29 is 23.9 Å². The van der Waals surface area contributed by atoms with Crippen molar-refractivity contribution in [2.45, 2.75) is 12.5 Å². The van der Waals surface area contributed by atoms with Crippen molar-refractivity contribution in [1.29, 1.82) is 0 Å². The molecule has 172 valence electrons. The van der Waals surface area contributed by atoms with E-state index >= 15 is 0 Å². The van der Waals surface area contributed by atoms with Gasteiger partial charge in [-0.2, -0.15) is 0 Å². The smallest absolute Gasteiger partial charge is 0.330 e. The van der Waals surface area contributed by atoms with Gasteiger partial charge in [0.15, 0.2) is 6.61 Å². The molecular weight excluding hydrogens is 479 g/mol. The number of halogens is 2. The SMILES string of the molecule is O=C(COC(=O)C(Cc1ccccc1)N1C(=O)c2ccccc2C1=O)Nc1ccc(Cl)c(Cl)c1. The zero-order valence-electron chi connectivity index (χ0n) is 17.7. The number of carbonyl (C=O) groups is 4. The number of hydrogen-bond acceptors (Lipinski definition) is 5. The Morgan fingerprint density at radius 3 is 2.09 bits per heavy atom. The van der Waals surface area contributed by atoms with Crippen molar-refractivity contribution in [2.75, 3.05) is 11.9 Å². The molecule has 9 heteroatoms. The number of amides is 3. The molecule has 0 fully saturated rings. The lowest BCUT2D eigenvalue weighted by Gasteiger charge is -2.24. The first kappa shape index (κ1) is 23.5. The molecule has 4 rings (SSSR count). The highest BCUT2D eigenvalue weighted by Gasteiger charge is 2.43. The number of benzene rings is 3. The fourth-order valence-corrected chi connectivity index (χ4v) is 3.91. The lowest BCUT2D eigenvalue weighted by Crippen LogP contribution is -2.47. The minimum absolute atomic E-state index is 0.0412. The third-order valence-electron chi connectivity index (χ3n) is 5.23. The van der Waals surface area contributed by atoms with E-state index in [0.717, 1.165) is 10.5 Å². The molecule has 0 spiro atoms. The predicted octanol–water partition coefficient (Wildman–Crippen LogP) is 4.38. The molecule has 7 nitrogen and oxygen atoms in total. The molecule has 1 atom stereocenters. The van der Waals surface area contributed by atoms with E-state index < -0.39 is 36.3 Å². The van der Waals surface area contributed by atoms with E-state index in [1.54, 1.807) is 42.5 Å². The number of nitrogens with zero attached hydrogens (tertiary/aromatic N) is 1. The topological polar surface area (TPSA) is 92.8 Å². The van der Waals surface area contributed by atoms with Crippen molar-refractivity contribution in [3.8, 4) is 0 Å². The monoisotopic (exact) mass is 496 g/mol. The number of nitrogens with one attached hydrogen (secondary N) is 1. The largest absolute Gasteiger partial charge is 0.454 e. The molecule has 3 amide bonds. The standard InChI is InChI=1S/C25H18Cl2N2O5/c26-19-11-10-16(13-20(19)27)28-22(30)14-34-25(33)21(12-15-6-2-1-3-7-15)29-23(31)17-8-4-5-9-18(17)24(29)32/h1-11,13,21H,12,14H2,(H,28,30). The summed E-state index contributed by atoms with van der Waals surface area (Å²) in [4.78, 5) is 52.2. The number of imide groups is 1. The lowest BCUT2D eigenvalue weighted by molar-refractivity contribution is -0.151. The van der Waals surface area contributed by atoms with Crippen molar-refractivity contribution >= 4 is 52.6 Å². The van der Waals surface area contributed by atoms with Crippen LogP contribution in [0, 0.1) is 0 Å².